The molecule has 33 heavy (non-hydrogen) atoms. The highest BCUT2D eigenvalue weighted by atomic mass is 32.2. The molecule has 2 aromatic carbocycles. The van der Waals surface area contributed by atoms with Crippen LogP contribution in [0.4, 0.5) is 13.2 Å². The number of hydrogen-bond acceptors (Lipinski definition) is 4. The molecule has 4 N–H and O–H groups in total. The number of hydrogen-bond donors (Lipinski definition) is 3. The number of halogens is 3. The standard InChI is InChI=1S/C22H24F3N3O4S/c23-22(24,25)16-8-12-18(13-9-16)33(31,32)28-17-10-6-15(7-11-17)21(30)27-19(20(26)29)14-4-2-1-3-5-14/h1-5,8-9,12-13,15,17,19,28H,6-7,10-11H2,(H2,26,29)(H,27,30)/t15-,17-,19-/m0/s1. The SMILES string of the molecule is NC(=O)[C@@H](NC(=O)[C@H]1CC[C@H](NS(=O)(=O)c2ccc(C(F)(F)F)cc2)CC1)c1ccccc1. The van der Waals surface area contributed by atoms with E-state index in [1.165, 1.54) is 0 Å². The van der Waals surface area contributed by atoms with Crippen LogP contribution in [-0.4, -0.2) is 26.3 Å². The van der Waals surface area contributed by atoms with Gasteiger partial charge in [0.2, 0.25) is 21.8 Å². The molecule has 1 atom stereocenters. The second-order valence-corrected chi connectivity index (χ2v) is 9.66. The van der Waals surface area contributed by atoms with Crippen LogP contribution in [-0.2, 0) is 25.8 Å². The van der Waals surface area contributed by atoms with Crippen molar-refractivity contribution in [1.29, 1.82) is 0 Å². The lowest BCUT2D eigenvalue weighted by Gasteiger charge is -2.29. The molecule has 1 fully saturated rings. The van der Waals surface area contributed by atoms with Gasteiger partial charge in [0.1, 0.15) is 6.04 Å². The van der Waals surface area contributed by atoms with Gasteiger partial charge in [0, 0.05) is 12.0 Å². The summed E-state index contributed by atoms with van der Waals surface area (Å²) in [6, 6.07) is 10.4. The second-order valence-electron chi connectivity index (χ2n) is 7.95. The lowest BCUT2D eigenvalue weighted by molar-refractivity contribution is -0.137. The minimum Gasteiger partial charge on any atom is -0.368 e. The first kappa shape index (κ1) is 24.7. The Kier molecular flexibility index (Phi) is 7.43. The van der Waals surface area contributed by atoms with E-state index in [0.717, 1.165) is 24.3 Å². The van der Waals surface area contributed by atoms with Gasteiger partial charge < -0.3 is 11.1 Å². The van der Waals surface area contributed by atoms with Crippen LogP contribution < -0.4 is 15.8 Å². The largest absolute Gasteiger partial charge is 0.416 e. The second kappa shape index (κ2) is 9.92. The molecule has 0 unspecified atom stereocenters. The van der Waals surface area contributed by atoms with Crippen molar-refractivity contribution in [3.63, 3.8) is 0 Å². The van der Waals surface area contributed by atoms with Crippen molar-refractivity contribution in [1.82, 2.24) is 10.0 Å². The maximum atomic E-state index is 12.7. The van der Waals surface area contributed by atoms with E-state index in [1.807, 2.05) is 0 Å². The summed E-state index contributed by atoms with van der Waals surface area (Å²) in [5.41, 5.74) is 5.07. The molecule has 11 heteroatoms. The normalized spacial score (nSPS) is 20.1. The third-order valence-electron chi connectivity index (χ3n) is 5.62. The number of rotatable bonds is 7. The number of sulfonamides is 1. The van der Waals surface area contributed by atoms with E-state index in [0.29, 0.717) is 31.2 Å². The van der Waals surface area contributed by atoms with Crippen LogP contribution >= 0.6 is 0 Å². The Bertz CT molecular complexity index is 1080. The molecular formula is C22H24F3N3O4S. The molecule has 0 aliphatic heterocycles. The van der Waals surface area contributed by atoms with Crippen molar-refractivity contribution >= 4 is 21.8 Å². The zero-order chi connectivity index (χ0) is 24.2. The van der Waals surface area contributed by atoms with Gasteiger partial charge in [-0.25, -0.2) is 13.1 Å². The van der Waals surface area contributed by atoms with Crippen molar-refractivity contribution in [2.75, 3.05) is 0 Å². The summed E-state index contributed by atoms with van der Waals surface area (Å²) in [5.74, 6) is -1.44. The van der Waals surface area contributed by atoms with Gasteiger partial charge in [-0.05, 0) is 55.5 Å². The maximum absolute atomic E-state index is 12.7. The van der Waals surface area contributed by atoms with Crippen molar-refractivity contribution < 1.29 is 31.2 Å². The number of carbonyl (C=O) groups is 2. The topological polar surface area (TPSA) is 118 Å². The first-order chi connectivity index (χ1) is 15.5. The summed E-state index contributed by atoms with van der Waals surface area (Å²) in [5, 5.41) is 2.66. The molecule has 178 valence electrons. The Morgan fingerprint density at radius 2 is 1.52 bits per heavy atom. The zero-order valence-electron chi connectivity index (χ0n) is 17.5. The summed E-state index contributed by atoms with van der Waals surface area (Å²) in [6.45, 7) is 0. The fourth-order valence-electron chi connectivity index (χ4n) is 3.81. The molecule has 1 aliphatic rings. The molecule has 2 amide bonds. The number of alkyl halides is 3. The van der Waals surface area contributed by atoms with Crippen molar-refractivity contribution in [3.05, 3.63) is 65.7 Å². The molecule has 1 aliphatic carbocycles. The Morgan fingerprint density at radius 3 is 2.03 bits per heavy atom. The number of carbonyl (C=O) groups excluding carboxylic acids is 2. The van der Waals surface area contributed by atoms with Crippen LogP contribution in [0.25, 0.3) is 0 Å². The minimum absolute atomic E-state index is 0.262. The Balaban J connectivity index is 1.57. The molecule has 7 nitrogen and oxygen atoms in total. The summed E-state index contributed by atoms with van der Waals surface area (Å²) < 4.78 is 65.6. The Hall–Kier alpha value is -2.92. The molecule has 0 aromatic heterocycles. The molecule has 0 radical (unpaired) electrons. The fraction of sp³-hybridized carbons (Fsp3) is 0.364. The molecule has 1 saturated carbocycles. The molecular weight excluding hydrogens is 459 g/mol. The maximum Gasteiger partial charge on any atom is 0.416 e. The predicted octanol–water partition coefficient (Wildman–Crippen LogP) is 2.89. The van der Waals surface area contributed by atoms with Gasteiger partial charge in [0.15, 0.2) is 0 Å². The number of primary amides is 1. The van der Waals surface area contributed by atoms with Crippen molar-refractivity contribution in [2.24, 2.45) is 11.7 Å². The van der Waals surface area contributed by atoms with E-state index < -0.39 is 45.7 Å². The number of nitrogens with one attached hydrogen (secondary N) is 2. The third-order valence-corrected chi connectivity index (χ3v) is 7.15. The summed E-state index contributed by atoms with van der Waals surface area (Å²) >= 11 is 0. The van der Waals surface area contributed by atoms with E-state index in [1.54, 1.807) is 30.3 Å². The highest BCUT2D eigenvalue weighted by molar-refractivity contribution is 7.89. The number of nitrogens with two attached hydrogens (primary N) is 1. The lowest BCUT2D eigenvalue weighted by Crippen LogP contribution is -2.43. The van der Waals surface area contributed by atoms with Crippen LogP contribution in [0.5, 0.6) is 0 Å². The van der Waals surface area contributed by atoms with Gasteiger partial charge in [0.25, 0.3) is 0 Å². The molecule has 2 aromatic rings. The van der Waals surface area contributed by atoms with Gasteiger partial charge in [-0.2, -0.15) is 13.2 Å². The van der Waals surface area contributed by atoms with Crippen LogP contribution in [0.15, 0.2) is 59.5 Å². The first-order valence-electron chi connectivity index (χ1n) is 10.3. The smallest absolute Gasteiger partial charge is 0.368 e. The van der Waals surface area contributed by atoms with Gasteiger partial charge in [-0.1, -0.05) is 30.3 Å². The predicted molar refractivity (Wildman–Crippen MR) is 114 cm³/mol. The Labute approximate surface area is 189 Å². The minimum atomic E-state index is -4.55. The van der Waals surface area contributed by atoms with Gasteiger partial charge in [-0.3, -0.25) is 9.59 Å². The quantitative estimate of drug-likeness (QED) is 0.561. The zero-order valence-corrected chi connectivity index (χ0v) is 18.3. The first-order valence-corrected chi connectivity index (χ1v) is 11.8. The van der Waals surface area contributed by atoms with E-state index in [4.69, 9.17) is 5.73 Å². The summed E-state index contributed by atoms with van der Waals surface area (Å²) in [4.78, 5) is 24.2. The van der Waals surface area contributed by atoms with E-state index >= 15 is 0 Å². The molecule has 0 saturated heterocycles. The molecule has 3 rings (SSSR count). The summed E-state index contributed by atoms with van der Waals surface area (Å²) in [7, 11) is -4.01. The molecule has 0 spiro atoms. The van der Waals surface area contributed by atoms with Crippen LogP contribution in [0.3, 0.4) is 0 Å². The van der Waals surface area contributed by atoms with Gasteiger partial charge in [0.05, 0.1) is 10.5 Å². The van der Waals surface area contributed by atoms with E-state index in [-0.39, 0.29) is 10.8 Å². The average Bonchev–Trinajstić information content (AvgIpc) is 2.77. The lowest BCUT2D eigenvalue weighted by atomic mass is 9.85. The van der Waals surface area contributed by atoms with Crippen LogP contribution in [0, 0.1) is 5.92 Å². The highest BCUT2D eigenvalue weighted by Gasteiger charge is 2.33. The van der Waals surface area contributed by atoms with Crippen molar-refractivity contribution in [2.45, 2.75) is 48.8 Å². The summed E-state index contributed by atoms with van der Waals surface area (Å²) in [6.07, 6.45) is -3.06. The van der Waals surface area contributed by atoms with E-state index in [9.17, 15) is 31.2 Å². The highest BCUT2D eigenvalue weighted by Crippen LogP contribution is 2.30. The molecule has 0 heterocycles. The average molecular weight is 484 g/mol. The number of amides is 2. The van der Waals surface area contributed by atoms with Crippen molar-refractivity contribution in [3.8, 4) is 0 Å². The monoisotopic (exact) mass is 483 g/mol. The number of benzene rings is 2. The van der Waals surface area contributed by atoms with Gasteiger partial charge in [-0.15, -0.1) is 0 Å². The van der Waals surface area contributed by atoms with E-state index in [2.05, 4.69) is 10.0 Å². The molecule has 0 bridgehead atoms. The Morgan fingerprint density at radius 1 is 0.939 bits per heavy atom. The van der Waals surface area contributed by atoms with Crippen LogP contribution in [0.2, 0.25) is 0 Å². The fourth-order valence-corrected chi connectivity index (χ4v) is 5.11. The van der Waals surface area contributed by atoms with Gasteiger partial charge >= 0.3 is 6.18 Å². The van der Waals surface area contributed by atoms with Crippen LogP contribution in [0.1, 0.15) is 42.9 Å². The third kappa shape index (κ3) is 6.32.